The molecule has 0 saturated heterocycles. The molecule has 8 aromatic carbocycles. The molecule has 0 atom stereocenters. The van der Waals surface area contributed by atoms with Crippen LogP contribution in [0.1, 0.15) is 0 Å². The van der Waals surface area contributed by atoms with Crippen LogP contribution in [-0.4, -0.2) is 15.0 Å². The fourth-order valence-corrected chi connectivity index (χ4v) is 7.58. The summed E-state index contributed by atoms with van der Waals surface area (Å²) in [7, 11) is 0. The van der Waals surface area contributed by atoms with Crippen molar-refractivity contribution < 1.29 is 4.39 Å². The molecule has 0 aliphatic rings. The predicted molar refractivity (Wildman–Crippen MR) is 217 cm³/mol. The molecule has 3 nitrogen and oxygen atoms in total. The summed E-state index contributed by atoms with van der Waals surface area (Å²) in [5.74, 6) is 0.403. The maximum atomic E-state index is 14.2. The van der Waals surface area contributed by atoms with Gasteiger partial charge in [-0.1, -0.05) is 146 Å². The van der Waals surface area contributed by atoms with Crippen LogP contribution in [0.4, 0.5) is 4.39 Å². The van der Waals surface area contributed by atoms with Crippen molar-refractivity contribution in [3.8, 4) is 56.3 Å². The Morgan fingerprint density at radius 3 is 1.42 bits per heavy atom. The minimum absolute atomic E-state index is 0.270. The van der Waals surface area contributed by atoms with Gasteiger partial charge in [-0.05, 0) is 69.1 Å². The maximum Gasteiger partial charge on any atom is 0.160 e. The maximum absolute atomic E-state index is 14.2. The molecule has 0 amide bonds. The zero-order valence-electron chi connectivity index (χ0n) is 28.5. The van der Waals surface area contributed by atoms with E-state index in [0.29, 0.717) is 5.82 Å². The summed E-state index contributed by atoms with van der Waals surface area (Å²) in [6, 6.07) is 61.3. The van der Waals surface area contributed by atoms with Gasteiger partial charge in [-0.25, -0.2) is 19.3 Å². The van der Waals surface area contributed by atoms with Gasteiger partial charge in [0.2, 0.25) is 0 Å². The molecule has 4 heteroatoms. The highest BCUT2D eigenvalue weighted by Crippen LogP contribution is 2.43. The lowest BCUT2D eigenvalue weighted by molar-refractivity contribution is 0.628. The Balaban J connectivity index is 1.13. The van der Waals surface area contributed by atoms with Gasteiger partial charge in [0.1, 0.15) is 5.82 Å². The van der Waals surface area contributed by atoms with E-state index in [1.54, 1.807) is 0 Å². The molecular weight excluding hydrogens is 650 g/mol. The van der Waals surface area contributed by atoms with Crippen LogP contribution < -0.4 is 0 Å². The molecule has 248 valence electrons. The second-order valence-corrected chi connectivity index (χ2v) is 13.3. The van der Waals surface area contributed by atoms with Crippen LogP contribution in [0, 0.1) is 5.82 Å². The summed E-state index contributed by atoms with van der Waals surface area (Å²) >= 11 is 0. The molecule has 0 fully saturated rings. The summed E-state index contributed by atoms with van der Waals surface area (Å²) in [5, 5.41) is 7.96. The van der Waals surface area contributed by atoms with E-state index in [0.717, 1.165) is 77.5 Å². The first-order valence-electron chi connectivity index (χ1n) is 17.7. The fraction of sp³-hybridized carbons (Fsp3) is 0. The monoisotopic (exact) mass is 679 g/mol. The molecule has 2 aromatic heterocycles. The molecule has 0 radical (unpaired) electrons. The predicted octanol–water partition coefficient (Wildman–Crippen LogP) is 13.0. The van der Waals surface area contributed by atoms with Crippen molar-refractivity contribution in [1.82, 2.24) is 15.0 Å². The number of hydrogen-bond acceptors (Lipinski definition) is 3. The zero-order chi connectivity index (χ0) is 35.3. The van der Waals surface area contributed by atoms with Crippen molar-refractivity contribution in [2.45, 2.75) is 0 Å². The van der Waals surface area contributed by atoms with E-state index in [1.807, 2.05) is 48.5 Å². The average molecular weight is 680 g/mol. The topological polar surface area (TPSA) is 38.7 Å². The Morgan fingerprint density at radius 1 is 0.321 bits per heavy atom. The molecule has 2 heterocycles. The molecule has 0 unspecified atom stereocenters. The first-order chi connectivity index (χ1) is 26.2. The molecule has 53 heavy (non-hydrogen) atoms. The number of pyridine rings is 1. The van der Waals surface area contributed by atoms with E-state index < -0.39 is 0 Å². The minimum atomic E-state index is -0.270. The van der Waals surface area contributed by atoms with Crippen LogP contribution in [0.15, 0.2) is 182 Å². The summed E-state index contributed by atoms with van der Waals surface area (Å²) < 4.78 is 14.2. The number of benzene rings is 8. The normalized spacial score (nSPS) is 11.5. The third-order valence-corrected chi connectivity index (χ3v) is 10.1. The number of aromatic nitrogens is 3. The number of rotatable bonds is 5. The van der Waals surface area contributed by atoms with Crippen molar-refractivity contribution in [1.29, 1.82) is 0 Å². The lowest BCUT2D eigenvalue weighted by atomic mass is 9.89. The van der Waals surface area contributed by atoms with Gasteiger partial charge in [0.05, 0.1) is 22.6 Å². The van der Waals surface area contributed by atoms with E-state index in [2.05, 4.69) is 121 Å². The first-order valence-corrected chi connectivity index (χ1v) is 17.7. The second kappa shape index (κ2) is 12.6. The molecule has 0 bridgehead atoms. The highest BCUT2D eigenvalue weighted by molar-refractivity contribution is 6.33. The Kier molecular flexibility index (Phi) is 7.33. The summed E-state index contributed by atoms with van der Waals surface area (Å²) in [4.78, 5) is 15.4. The Morgan fingerprint density at radius 2 is 0.811 bits per heavy atom. The largest absolute Gasteiger partial charge is 0.247 e. The van der Waals surface area contributed by atoms with Crippen molar-refractivity contribution in [2.24, 2.45) is 0 Å². The molecule has 0 saturated carbocycles. The van der Waals surface area contributed by atoms with Crippen molar-refractivity contribution in [3.63, 3.8) is 0 Å². The third-order valence-electron chi connectivity index (χ3n) is 10.1. The van der Waals surface area contributed by atoms with E-state index in [4.69, 9.17) is 15.0 Å². The third kappa shape index (κ3) is 5.40. The molecule has 10 aromatic rings. The summed E-state index contributed by atoms with van der Waals surface area (Å²) in [6.45, 7) is 0. The van der Waals surface area contributed by atoms with Gasteiger partial charge in [0.25, 0.3) is 0 Å². The van der Waals surface area contributed by atoms with Crippen LogP contribution in [0.25, 0.3) is 99.5 Å². The minimum Gasteiger partial charge on any atom is -0.247 e. The SMILES string of the molecule is Fc1ccc(-c2nc3cc(-c4ccc(-c5nc(-c6ccccc6)cc(-c6ccccc6)n5)cc4)ccc3c3c4ccccc4c4ccccc4c23)cc1. The van der Waals surface area contributed by atoms with Gasteiger partial charge < -0.3 is 0 Å². The Hall–Kier alpha value is -7.04. The Bertz CT molecular complexity index is 2920. The highest BCUT2D eigenvalue weighted by Gasteiger charge is 2.18. The number of nitrogens with zero attached hydrogens (tertiary/aromatic N) is 3. The smallest absolute Gasteiger partial charge is 0.160 e. The van der Waals surface area contributed by atoms with E-state index in [1.165, 1.54) is 28.3 Å². The van der Waals surface area contributed by atoms with E-state index in [9.17, 15) is 4.39 Å². The van der Waals surface area contributed by atoms with Crippen LogP contribution in [0.2, 0.25) is 0 Å². The first kappa shape index (κ1) is 30.8. The van der Waals surface area contributed by atoms with E-state index >= 15 is 0 Å². The summed E-state index contributed by atoms with van der Waals surface area (Å²) in [6.07, 6.45) is 0. The van der Waals surface area contributed by atoms with Crippen LogP contribution >= 0.6 is 0 Å². The molecule has 10 rings (SSSR count). The lowest BCUT2D eigenvalue weighted by Gasteiger charge is -2.17. The van der Waals surface area contributed by atoms with Gasteiger partial charge in [0.15, 0.2) is 5.82 Å². The average Bonchev–Trinajstić information content (AvgIpc) is 3.24. The molecule has 0 N–H and O–H groups in total. The van der Waals surface area contributed by atoms with Crippen LogP contribution in [0.5, 0.6) is 0 Å². The highest BCUT2D eigenvalue weighted by atomic mass is 19.1. The van der Waals surface area contributed by atoms with Crippen LogP contribution in [0.3, 0.4) is 0 Å². The van der Waals surface area contributed by atoms with Gasteiger partial charge in [-0.3, -0.25) is 0 Å². The molecular formula is C49H30FN3. The zero-order valence-corrected chi connectivity index (χ0v) is 28.5. The molecule has 0 aliphatic carbocycles. The summed E-state index contributed by atoms with van der Waals surface area (Å²) in [5.41, 5.74) is 9.49. The Labute approximate surface area is 305 Å². The number of halogens is 1. The number of hydrogen-bond donors (Lipinski definition) is 0. The number of fused-ring (bicyclic) bond motifs is 8. The molecule has 0 aliphatic heterocycles. The van der Waals surface area contributed by atoms with Gasteiger partial charge in [0, 0.05) is 38.4 Å². The van der Waals surface area contributed by atoms with Crippen molar-refractivity contribution in [3.05, 3.63) is 188 Å². The van der Waals surface area contributed by atoms with Gasteiger partial charge in [-0.2, -0.15) is 0 Å². The quantitative estimate of drug-likeness (QED) is 0.170. The van der Waals surface area contributed by atoms with Crippen molar-refractivity contribution >= 4 is 43.2 Å². The van der Waals surface area contributed by atoms with Crippen molar-refractivity contribution in [2.75, 3.05) is 0 Å². The van der Waals surface area contributed by atoms with Gasteiger partial charge in [-0.15, -0.1) is 0 Å². The fourth-order valence-electron chi connectivity index (χ4n) is 7.58. The van der Waals surface area contributed by atoms with Crippen LogP contribution in [-0.2, 0) is 0 Å². The second-order valence-electron chi connectivity index (χ2n) is 13.3. The molecule has 0 spiro atoms. The van der Waals surface area contributed by atoms with E-state index in [-0.39, 0.29) is 5.82 Å². The standard InChI is InChI=1S/C49H30FN3/c50-37-26-23-34(24-27-37)48-47-41-18-10-8-16-39(41)38-15-7-9-17-40(38)46(47)42-28-25-36(29-45(42)51-48)31-19-21-35(22-20-31)49-52-43(32-11-3-1-4-12-32)30-44(53-49)33-13-5-2-6-14-33/h1-30H. The van der Waals surface area contributed by atoms with Gasteiger partial charge >= 0.3 is 0 Å². The lowest BCUT2D eigenvalue weighted by Crippen LogP contribution is -1.96.